The minimum absolute atomic E-state index is 0. The first-order valence-corrected chi connectivity index (χ1v) is 10.9. The van der Waals surface area contributed by atoms with Gasteiger partial charge in [-0.2, -0.15) is 0 Å². The molecule has 1 rings (SSSR count). The van der Waals surface area contributed by atoms with Gasteiger partial charge in [0.25, 0.3) is 0 Å². The number of rotatable bonds is 10. The number of nitrogens with zero attached hydrogens (tertiary/aromatic N) is 4. The standard InChI is InChI=1S/C21H43N5O.HI/c1-7-22-21(24(6)17-20(27)26(8-2)9-3)23-12-10-11-13-25-15-18(4)14-19(5)16-25;/h18-19H,7-17H2,1-6H3,(H,22,23);1H. The quantitative estimate of drug-likeness (QED) is 0.213. The Morgan fingerprint density at radius 2 is 1.71 bits per heavy atom. The second-order valence-corrected chi connectivity index (χ2v) is 8.07. The van der Waals surface area contributed by atoms with Gasteiger partial charge in [0.1, 0.15) is 0 Å². The number of likely N-dealkylation sites (N-methyl/N-ethyl adjacent to an activating group) is 2. The van der Waals surface area contributed by atoms with Crippen molar-refractivity contribution in [2.75, 3.05) is 59.4 Å². The maximum atomic E-state index is 12.3. The van der Waals surface area contributed by atoms with E-state index in [1.54, 1.807) is 0 Å². The molecule has 1 N–H and O–H groups in total. The van der Waals surface area contributed by atoms with Gasteiger partial charge in [-0.3, -0.25) is 9.79 Å². The maximum Gasteiger partial charge on any atom is 0.242 e. The molecule has 0 aliphatic carbocycles. The lowest BCUT2D eigenvalue weighted by atomic mass is 9.92. The van der Waals surface area contributed by atoms with Crippen molar-refractivity contribution in [2.45, 2.75) is 53.9 Å². The Labute approximate surface area is 190 Å². The summed E-state index contributed by atoms with van der Waals surface area (Å²) in [7, 11) is 1.94. The molecule has 1 heterocycles. The second-order valence-electron chi connectivity index (χ2n) is 8.07. The van der Waals surface area contributed by atoms with E-state index in [1.165, 1.54) is 32.5 Å². The highest BCUT2D eigenvalue weighted by molar-refractivity contribution is 14.0. The van der Waals surface area contributed by atoms with Crippen LogP contribution in [0.15, 0.2) is 4.99 Å². The van der Waals surface area contributed by atoms with Crippen LogP contribution in [0.1, 0.15) is 53.9 Å². The van der Waals surface area contributed by atoms with Crippen molar-refractivity contribution in [1.82, 2.24) is 20.0 Å². The lowest BCUT2D eigenvalue weighted by molar-refractivity contribution is -0.131. The topological polar surface area (TPSA) is 51.2 Å². The summed E-state index contributed by atoms with van der Waals surface area (Å²) in [5.74, 6) is 2.63. The van der Waals surface area contributed by atoms with Gasteiger partial charge in [0.2, 0.25) is 5.91 Å². The molecule has 0 radical (unpaired) electrons. The van der Waals surface area contributed by atoms with Crippen LogP contribution in [0.2, 0.25) is 0 Å². The number of likely N-dealkylation sites (tertiary alicyclic amines) is 1. The summed E-state index contributed by atoms with van der Waals surface area (Å²) in [6.45, 7) is 18.0. The zero-order valence-electron chi connectivity index (χ0n) is 19.0. The molecule has 1 fully saturated rings. The Morgan fingerprint density at radius 1 is 1.11 bits per heavy atom. The number of carbonyl (C=O) groups is 1. The number of piperidine rings is 1. The summed E-state index contributed by atoms with van der Waals surface area (Å²) in [4.78, 5) is 23.5. The third kappa shape index (κ3) is 10.3. The van der Waals surface area contributed by atoms with Gasteiger partial charge in [0.15, 0.2) is 5.96 Å². The van der Waals surface area contributed by atoms with Gasteiger partial charge in [-0.15, -0.1) is 24.0 Å². The number of halogens is 1. The zero-order chi connectivity index (χ0) is 20.2. The summed E-state index contributed by atoms with van der Waals surface area (Å²) in [5.41, 5.74) is 0. The highest BCUT2D eigenvalue weighted by Crippen LogP contribution is 2.20. The van der Waals surface area contributed by atoms with Gasteiger partial charge >= 0.3 is 0 Å². The molecule has 0 spiro atoms. The average molecular weight is 510 g/mol. The van der Waals surface area contributed by atoms with E-state index in [1.807, 2.05) is 30.7 Å². The summed E-state index contributed by atoms with van der Waals surface area (Å²) < 4.78 is 0. The Hall–Kier alpha value is -0.570. The number of amides is 1. The lowest BCUT2D eigenvalue weighted by Gasteiger charge is -2.34. The van der Waals surface area contributed by atoms with Crippen LogP contribution in [-0.4, -0.2) is 86.0 Å². The summed E-state index contributed by atoms with van der Waals surface area (Å²) in [6, 6.07) is 0. The smallest absolute Gasteiger partial charge is 0.242 e. The van der Waals surface area contributed by atoms with Crippen LogP contribution < -0.4 is 5.32 Å². The maximum absolute atomic E-state index is 12.3. The minimum Gasteiger partial charge on any atom is -0.357 e. The van der Waals surface area contributed by atoms with Crippen molar-refractivity contribution in [3.05, 3.63) is 0 Å². The van der Waals surface area contributed by atoms with Crippen LogP contribution in [-0.2, 0) is 4.79 Å². The van der Waals surface area contributed by atoms with Gasteiger partial charge in [-0.25, -0.2) is 0 Å². The fraction of sp³-hybridized carbons (Fsp3) is 0.905. The Balaban J connectivity index is 0.00000729. The highest BCUT2D eigenvalue weighted by Gasteiger charge is 2.21. The molecule has 0 aromatic rings. The largest absolute Gasteiger partial charge is 0.357 e. The summed E-state index contributed by atoms with van der Waals surface area (Å²) in [6.07, 6.45) is 3.64. The molecular weight excluding hydrogens is 465 g/mol. The molecule has 1 aliphatic rings. The lowest BCUT2D eigenvalue weighted by Crippen LogP contribution is -2.45. The molecule has 1 aliphatic heterocycles. The van der Waals surface area contributed by atoms with E-state index in [0.717, 1.165) is 50.4 Å². The van der Waals surface area contributed by atoms with E-state index < -0.39 is 0 Å². The molecule has 0 aromatic heterocycles. The molecule has 6 nitrogen and oxygen atoms in total. The molecule has 7 heteroatoms. The Bertz CT molecular complexity index is 446. The number of carbonyl (C=O) groups excluding carboxylic acids is 1. The fourth-order valence-corrected chi connectivity index (χ4v) is 4.03. The average Bonchev–Trinajstić information content (AvgIpc) is 2.60. The van der Waals surface area contributed by atoms with Gasteiger partial charge in [0, 0.05) is 46.3 Å². The van der Waals surface area contributed by atoms with Gasteiger partial charge in [0.05, 0.1) is 6.54 Å². The molecular formula is C21H44IN5O. The van der Waals surface area contributed by atoms with Crippen molar-refractivity contribution in [1.29, 1.82) is 0 Å². The Morgan fingerprint density at radius 3 is 2.25 bits per heavy atom. The molecule has 2 atom stereocenters. The predicted molar refractivity (Wildman–Crippen MR) is 131 cm³/mol. The van der Waals surface area contributed by atoms with Crippen molar-refractivity contribution >= 4 is 35.8 Å². The van der Waals surface area contributed by atoms with Crippen molar-refractivity contribution in [3.8, 4) is 0 Å². The van der Waals surface area contributed by atoms with Crippen LogP contribution in [0, 0.1) is 11.8 Å². The van der Waals surface area contributed by atoms with Crippen LogP contribution in [0.3, 0.4) is 0 Å². The van der Waals surface area contributed by atoms with Crippen molar-refractivity contribution in [3.63, 3.8) is 0 Å². The van der Waals surface area contributed by atoms with Gasteiger partial charge < -0.3 is 20.0 Å². The molecule has 28 heavy (non-hydrogen) atoms. The van der Waals surface area contributed by atoms with E-state index in [0.29, 0.717) is 6.54 Å². The van der Waals surface area contributed by atoms with Crippen LogP contribution in [0.4, 0.5) is 0 Å². The number of hydrogen-bond acceptors (Lipinski definition) is 3. The SMILES string of the molecule is CCNC(=NCCCCN1CC(C)CC(C)C1)N(C)CC(=O)N(CC)CC.I. The summed E-state index contributed by atoms with van der Waals surface area (Å²) >= 11 is 0. The zero-order valence-corrected chi connectivity index (χ0v) is 21.4. The second kappa shape index (κ2) is 15.3. The normalized spacial score (nSPS) is 20.4. The van der Waals surface area contributed by atoms with Crippen LogP contribution >= 0.6 is 24.0 Å². The number of aliphatic imine (C=N–C) groups is 1. The molecule has 0 aromatic carbocycles. The van der Waals surface area contributed by atoms with Crippen LogP contribution in [0.5, 0.6) is 0 Å². The number of unbranched alkanes of at least 4 members (excludes halogenated alkanes) is 1. The van der Waals surface area contributed by atoms with Crippen molar-refractivity contribution < 1.29 is 4.79 Å². The molecule has 2 unspecified atom stereocenters. The van der Waals surface area contributed by atoms with Crippen molar-refractivity contribution in [2.24, 2.45) is 16.8 Å². The third-order valence-electron chi connectivity index (χ3n) is 5.27. The summed E-state index contributed by atoms with van der Waals surface area (Å²) in [5, 5.41) is 3.31. The molecule has 1 amide bonds. The van der Waals surface area contributed by atoms with E-state index in [-0.39, 0.29) is 29.9 Å². The number of nitrogens with one attached hydrogen (secondary N) is 1. The first kappa shape index (κ1) is 27.4. The third-order valence-corrected chi connectivity index (χ3v) is 5.27. The number of guanidine groups is 1. The van der Waals surface area contributed by atoms with E-state index in [4.69, 9.17) is 4.99 Å². The predicted octanol–water partition coefficient (Wildman–Crippen LogP) is 3.13. The molecule has 0 saturated carbocycles. The first-order valence-electron chi connectivity index (χ1n) is 10.9. The Kier molecular flexibility index (Phi) is 15.0. The molecule has 0 bridgehead atoms. The molecule has 166 valence electrons. The number of hydrogen-bond donors (Lipinski definition) is 1. The minimum atomic E-state index is 0. The van der Waals surface area contributed by atoms with E-state index >= 15 is 0 Å². The van der Waals surface area contributed by atoms with Gasteiger partial charge in [-0.05, 0) is 58.4 Å². The highest BCUT2D eigenvalue weighted by atomic mass is 127. The molecule has 1 saturated heterocycles. The van der Waals surface area contributed by atoms with E-state index in [2.05, 4.69) is 31.0 Å². The van der Waals surface area contributed by atoms with Crippen LogP contribution in [0.25, 0.3) is 0 Å². The first-order chi connectivity index (χ1) is 12.9. The van der Waals surface area contributed by atoms with Gasteiger partial charge in [-0.1, -0.05) is 13.8 Å². The fourth-order valence-electron chi connectivity index (χ4n) is 4.03. The van der Waals surface area contributed by atoms with E-state index in [9.17, 15) is 4.79 Å². The monoisotopic (exact) mass is 509 g/mol.